The van der Waals surface area contributed by atoms with Crippen molar-refractivity contribution < 1.29 is 4.79 Å². The third-order valence-electron chi connectivity index (χ3n) is 1.85. The highest BCUT2D eigenvalue weighted by atomic mass is 32.1. The monoisotopic (exact) mass is 207 g/mol. The number of hydrogen-bond donors (Lipinski definition) is 2. The number of ketones is 1. The molecule has 0 aliphatic carbocycles. The molecule has 14 heavy (non-hydrogen) atoms. The van der Waals surface area contributed by atoms with E-state index < -0.39 is 0 Å². The number of hydrogen-bond acceptors (Lipinski definition) is 4. The first kappa shape index (κ1) is 8.96. The van der Waals surface area contributed by atoms with Gasteiger partial charge in [-0.25, -0.2) is 0 Å². The fraction of sp³-hybridized carbons (Fsp3) is 0.111. The standard InChI is InChI=1S/C9H9N3OS/c1-5(13)9-6(10)4-8(14-9)7-2-3-11-12-7/h2-4H,10H2,1H3,(H,11,12). The first-order valence-electron chi connectivity index (χ1n) is 4.08. The Hall–Kier alpha value is -1.62. The molecule has 0 bridgehead atoms. The molecule has 0 saturated carbocycles. The molecule has 0 aliphatic heterocycles. The van der Waals surface area contributed by atoms with Crippen molar-refractivity contribution in [3.05, 3.63) is 23.2 Å². The van der Waals surface area contributed by atoms with Crippen molar-refractivity contribution in [2.45, 2.75) is 6.92 Å². The molecule has 0 aromatic carbocycles. The summed E-state index contributed by atoms with van der Waals surface area (Å²) in [5.41, 5.74) is 7.12. The molecule has 0 unspecified atom stereocenters. The van der Waals surface area contributed by atoms with Crippen LogP contribution in [0.15, 0.2) is 18.3 Å². The van der Waals surface area contributed by atoms with E-state index in [-0.39, 0.29) is 5.78 Å². The lowest BCUT2D eigenvalue weighted by atomic mass is 10.3. The van der Waals surface area contributed by atoms with Gasteiger partial charge in [0.2, 0.25) is 0 Å². The first-order chi connectivity index (χ1) is 6.68. The summed E-state index contributed by atoms with van der Waals surface area (Å²) in [5.74, 6) is -0.00161. The normalized spacial score (nSPS) is 10.4. The van der Waals surface area contributed by atoms with Crippen molar-refractivity contribution in [1.82, 2.24) is 10.2 Å². The minimum Gasteiger partial charge on any atom is -0.397 e. The van der Waals surface area contributed by atoms with E-state index in [1.807, 2.05) is 6.07 Å². The number of anilines is 1. The summed E-state index contributed by atoms with van der Waals surface area (Å²) in [4.78, 5) is 12.7. The van der Waals surface area contributed by atoms with Crippen LogP contribution in [0.4, 0.5) is 5.69 Å². The lowest BCUT2D eigenvalue weighted by Gasteiger charge is -1.88. The minimum atomic E-state index is -0.00161. The number of rotatable bonds is 2. The van der Waals surface area contributed by atoms with Gasteiger partial charge < -0.3 is 5.73 Å². The molecular weight excluding hydrogens is 198 g/mol. The minimum absolute atomic E-state index is 0.00161. The second-order valence-corrected chi connectivity index (χ2v) is 3.97. The lowest BCUT2D eigenvalue weighted by molar-refractivity contribution is 0.102. The number of nitrogens with two attached hydrogens (primary N) is 1. The second-order valence-electron chi connectivity index (χ2n) is 2.92. The second kappa shape index (κ2) is 3.26. The zero-order chi connectivity index (χ0) is 10.1. The molecule has 0 fully saturated rings. The van der Waals surface area contributed by atoms with Gasteiger partial charge in [-0.2, -0.15) is 5.10 Å². The Morgan fingerprint density at radius 1 is 1.64 bits per heavy atom. The van der Waals surface area contributed by atoms with E-state index in [2.05, 4.69) is 10.2 Å². The average Bonchev–Trinajstić information content (AvgIpc) is 2.70. The van der Waals surface area contributed by atoms with Gasteiger partial charge in [-0.15, -0.1) is 11.3 Å². The molecule has 0 atom stereocenters. The van der Waals surface area contributed by atoms with Crippen LogP contribution in [0.5, 0.6) is 0 Å². The Labute approximate surface area is 84.8 Å². The first-order valence-corrected chi connectivity index (χ1v) is 4.90. The smallest absolute Gasteiger partial charge is 0.171 e. The van der Waals surface area contributed by atoms with Crippen LogP contribution in [0, 0.1) is 0 Å². The van der Waals surface area contributed by atoms with E-state index in [4.69, 9.17) is 5.73 Å². The van der Waals surface area contributed by atoms with Gasteiger partial charge in [-0.3, -0.25) is 9.89 Å². The molecule has 2 aromatic rings. The van der Waals surface area contributed by atoms with Crippen molar-refractivity contribution in [3.63, 3.8) is 0 Å². The molecule has 2 rings (SSSR count). The maximum atomic E-state index is 11.2. The topological polar surface area (TPSA) is 71.8 Å². The average molecular weight is 207 g/mol. The Morgan fingerprint density at radius 2 is 2.43 bits per heavy atom. The molecule has 72 valence electrons. The summed E-state index contributed by atoms with van der Waals surface area (Å²) in [6.07, 6.45) is 1.67. The van der Waals surface area contributed by atoms with Crippen molar-refractivity contribution in [2.75, 3.05) is 5.73 Å². The maximum absolute atomic E-state index is 11.2. The molecule has 3 N–H and O–H groups in total. The lowest BCUT2D eigenvalue weighted by Crippen LogP contribution is -1.92. The highest BCUT2D eigenvalue weighted by Gasteiger charge is 2.11. The van der Waals surface area contributed by atoms with Crippen molar-refractivity contribution in [2.24, 2.45) is 0 Å². The van der Waals surface area contributed by atoms with Gasteiger partial charge in [0.1, 0.15) is 0 Å². The Morgan fingerprint density at radius 3 is 2.93 bits per heavy atom. The van der Waals surface area contributed by atoms with E-state index in [0.29, 0.717) is 10.6 Å². The summed E-state index contributed by atoms with van der Waals surface area (Å²) >= 11 is 1.38. The van der Waals surface area contributed by atoms with E-state index in [9.17, 15) is 4.79 Å². The van der Waals surface area contributed by atoms with Crippen LogP contribution < -0.4 is 5.73 Å². The molecule has 0 saturated heterocycles. The van der Waals surface area contributed by atoms with Gasteiger partial charge in [0.25, 0.3) is 0 Å². The Balaban J connectivity index is 2.48. The molecule has 0 radical (unpaired) electrons. The van der Waals surface area contributed by atoms with E-state index in [1.54, 1.807) is 12.3 Å². The quantitative estimate of drug-likeness (QED) is 0.739. The van der Waals surface area contributed by atoms with Gasteiger partial charge in [-0.05, 0) is 12.1 Å². The zero-order valence-electron chi connectivity index (χ0n) is 7.57. The summed E-state index contributed by atoms with van der Waals surface area (Å²) in [7, 11) is 0. The molecule has 4 nitrogen and oxygen atoms in total. The van der Waals surface area contributed by atoms with Crippen molar-refractivity contribution in [1.29, 1.82) is 0 Å². The number of aromatic nitrogens is 2. The number of H-pyrrole nitrogens is 1. The van der Waals surface area contributed by atoms with Crippen LogP contribution in [0.25, 0.3) is 10.6 Å². The number of Topliss-reactive ketones (excluding diaryl/α,β-unsaturated/α-hetero) is 1. The fourth-order valence-corrected chi connectivity index (χ4v) is 2.16. The summed E-state index contributed by atoms with van der Waals surface area (Å²) in [6, 6.07) is 3.63. The van der Waals surface area contributed by atoms with Gasteiger partial charge in [0, 0.05) is 13.1 Å². The molecule has 2 aromatic heterocycles. The van der Waals surface area contributed by atoms with Crippen LogP contribution in [0.1, 0.15) is 16.6 Å². The Bertz CT molecular complexity index is 458. The van der Waals surface area contributed by atoms with Crippen LogP contribution >= 0.6 is 11.3 Å². The highest BCUT2D eigenvalue weighted by molar-refractivity contribution is 7.18. The third kappa shape index (κ3) is 1.42. The number of nitrogen functional groups attached to an aromatic ring is 1. The van der Waals surface area contributed by atoms with Crippen LogP contribution in [0.3, 0.4) is 0 Å². The molecule has 0 aliphatic rings. The fourth-order valence-electron chi connectivity index (χ4n) is 1.21. The summed E-state index contributed by atoms with van der Waals surface area (Å²) < 4.78 is 0. The van der Waals surface area contributed by atoms with E-state index in [0.717, 1.165) is 10.6 Å². The largest absolute Gasteiger partial charge is 0.397 e. The number of carbonyl (C=O) groups is 1. The van der Waals surface area contributed by atoms with Crippen LogP contribution in [-0.4, -0.2) is 16.0 Å². The molecule has 0 spiro atoms. The number of nitrogens with one attached hydrogen (secondary N) is 1. The van der Waals surface area contributed by atoms with Crippen LogP contribution in [0.2, 0.25) is 0 Å². The number of nitrogens with zero attached hydrogens (tertiary/aromatic N) is 1. The van der Waals surface area contributed by atoms with Gasteiger partial charge >= 0.3 is 0 Å². The van der Waals surface area contributed by atoms with Gasteiger partial charge in [-0.1, -0.05) is 0 Å². The molecule has 0 amide bonds. The zero-order valence-corrected chi connectivity index (χ0v) is 8.39. The molecule has 5 heteroatoms. The van der Waals surface area contributed by atoms with Crippen molar-refractivity contribution >= 4 is 22.8 Å². The summed E-state index contributed by atoms with van der Waals surface area (Å²) in [6.45, 7) is 1.51. The maximum Gasteiger partial charge on any atom is 0.171 e. The Kier molecular flexibility index (Phi) is 2.09. The predicted molar refractivity (Wildman–Crippen MR) is 56.3 cm³/mol. The number of aromatic amines is 1. The van der Waals surface area contributed by atoms with Crippen molar-refractivity contribution in [3.8, 4) is 10.6 Å². The van der Waals surface area contributed by atoms with Crippen LogP contribution in [-0.2, 0) is 0 Å². The number of thiophene rings is 1. The third-order valence-corrected chi connectivity index (χ3v) is 3.13. The molecule has 2 heterocycles. The van der Waals surface area contributed by atoms with Gasteiger partial charge in [0.15, 0.2) is 5.78 Å². The SMILES string of the molecule is CC(=O)c1sc(-c2ccn[nH]2)cc1N. The van der Waals surface area contributed by atoms with Gasteiger partial charge in [0.05, 0.1) is 21.1 Å². The van der Waals surface area contributed by atoms with E-state index >= 15 is 0 Å². The molecular formula is C9H9N3OS. The predicted octanol–water partition coefficient (Wildman–Crippen LogP) is 1.92. The summed E-state index contributed by atoms with van der Waals surface area (Å²) in [5, 5.41) is 6.66. The van der Waals surface area contributed by atoms with E-state index in [1.165, 1.54) is 18.3 Å². The number of carbonyl (C=O) groups excluding carboxylic acids is 1. The highest BCUT2D eigenvalue weighted by Crippen LogP contribution is 2.31.